The Morgan fingerprint density at radius 2 is 1.67 bits per heavy atom. The van der Waals surface area contributed by atoms with Crippen LogP contribution in [0.1, 0.15) is 9.78 Å². The van der Waals surface area contributed by atoms with Gasteiger partial charge >= 0.3 is 80.9 Å². The van der Waals surface area contributed by atoms with E-state index in [4.69, 9.17) is 5.11 Å². The molecule has 4 heteroatoms. The van der Waals surface area contributed by atoms with Gasteiger partial charge in [0.15, 0.2) is 0 Å². The maximum atomic E-state index is 7.57. The maximum absolute atomic E-state index is 7.57. The van der Waals surface area contributed by atoms with E-state index in [1.54, 1.807) is 6.92 Å². The Labute approximate surface area is 106 Å². The van der Waals surface area contributed by atoms with Gasteiger partial charge in [-0.2, -0.15) is 0 Å². The summed E-state index contributed by atoms with van der Waals surface area (Å²) in [6.45, 7) is 1.93. The average Bonchev–Trinajstić information content (AvgIpc) is 0.918. The fourth-order valence-electron chi connectivity index (χ4n) is 0. The van der Waals surface area contributed by atoms with E-state index in [1.165, 1.54) is 0 Å². The molecule has 32 valence electrons. The molecule has 0 aromatic heterocycles. The van der Waals surface area contributed by atoms with Crippen molar-refractivity contribution in [1.82, 2.24) is 0 Å². The molecule has 0 saturated carbocycles. The second kappa shape index (κ2) is 25.7. The quantitative estimate of drug-likeness (QED) is 0.324. The first-order valence-electron chi connectivity index (χ1n) is 1.02. The minimum Gasteiger partial charge on any atom is -1.00 e. The summed E-state index contributed by atoms with van der Waals surface area (Å²) in [5, 5.41) is 7.57. The van der Waals surface area contributed by atoms with E-state index in [2.05, 4.69) is 0 Å². The number of aliphatic hydroxyl groups excluding tert-OH is 1. The van der Waals surface area contributed by atoms with Crippen LogP contribution in [0, 0.1) is 0 Å². The number of hydrogen-bond donors (Lipinski definition) is 1. The average molecular weight is 128 g/mol. The van der Waals surface area contributed by atoms with Crippen molar-refractivity contribution in [1.29, 1.82) is 0 Å². The van der Waals surface area contributed by atoms with E-state index < -0.39 is 0 Å². The predicted octanol–water partition coefficient (Wildman–Crippen LogP) is -6.59. The Morgan fingerprint density at radius 1 is 1.67 bits per heavy atom. The molecule has 0 atom stereocenters. The van der Waals surface area contributed by atoms with E-state index >= 15 is 0 Å². The van der Waals surface area contributed by atoms with Gasteiger partial charge in [-0.3, -0.25) is 0 Å². The van der Waals surface area contributed by atoms with Crippen molar-refractivity contribution >= 4 is 0 Å². The summed E-state index contributed by atoms with van der Waals surface area (Å²) in [5.74, 6) is 0. The van der Waals surface area contributed by atoms with Crippen LogP contribution in [0.2, 0.25) is 0 Å². The van der Waals surface area contributed by atoms with Crippen LogP contribution < -0.4 is 80.9 Å². The van der Waals surface area contributed by atoms with E-state index in [9.17, 15) is 0 Å². The van der Waals surface area contributed by atoms with Crippen LogP contribution >= 0.6 is 0 Å². The van der Waals surface area contributed by atoms with Crippen molar-refractivity contribution in [3.8, 4) is 0 Å². The van der Waals surface area contributed by atoms with Crippen LogP contribution in [0.5, 0.6) is 0 Å². The van der Waals surface area contributed by atoms with E-state index in [1.807, 2.05) is 0 Å². The van der Waals surface area contributed by atoms with Crippen molar-refractivity contribution in [3.05, 3.63) is 0 Å². The molecule has 0 radical (unpaired) electrons. The van der Waals surface area contributed by atoms with Crippen molar-refractivity contribution in [2.75, 3.05) is 6.61 Å². The first-order valence-corrected chi connectivity index (χ1v) is 1.02. The predicted molar refractivity (Wildman–Crippen MR) is 18.6 cm³/mol. The zero-order chi connectivity index (χ0) is 2.71. The summed E-state index contributed by atoms with van der Waals surface area (Å²) in [6.07, 6.45) is 0. The third kappa shape index (κ3) is 31.0. The van der Waals surface area contributed by atoms with Crippen LogP contribution in [0.4, 0.5) is 0 Å². The molecule has 3 N–H and O–H groups in total. The van der Waals surface area contributed by atoms with Gasteiger partial charge in [0.2, 0.25) is 0 Å². The smallest absolute Gasteiger partial charge is 1.00 e. The van der Waals surface area contributed by atoms with Crippen LogP contribution in [0.25, 0.3) is 0 Å². The summed E-state index contributed by atoms with van der Waals surface area (Å²) < 4.78 is 0. The molecule has 0 unspecified atom stereocenters. The zero-order valence-corrected chi connectivity index (χ0v) is 9.78. The second-order valence-electron chi connectivity index (χ2n) is 0.316. The van der Waals surface area contributed by atoms with E-state index in [0.717, 1.165) is 0 Å². The second-order valence-corrected chi connectivity index (χ2v) is 0.316. The molecule has 0 bridgehead atoms. The van der Waals surface area contributed by atoms with Gasteiger partial charge in [0.1, 0.15) is 0 Å². The monoisotopic (exact) mass is 128 g/mol. The van der Waals surface area contributed by atoms with E-state index in [0.29, 0.717) is 0 Å². The summed E-state index contributed by atoms with van der Waals surface area (Å²) in [4.78, 5) is 0. The molecular weight excluding hydrogens is 118 g/mol. The fraction of sp³-hybridized carbons (Fsp3) is 1.00. The molecule has 0 spiro atoms. The standard InChI is InChI=1S/C2H6O.K.Na.H2O.2H/c1-2-3;;;;;/h3H,2H2,1H3;;;1H2;;/q;2*+1;;2*-1. The molecule has 0 aliphatic carbocycles. The molecule has 0 saturated heterocycles. The third-order valence-corrected chi connectivity index (χ3v) is 0. The van der Waals surface area contributed by atoms with Crippen molar-refractivity contribution in [2.45, 2.75) is 6.92 Å². The molecule has 6 heavy (non-hydrogen) atoms. The van der Waals surface area contributed by atoms with Gasteiger partial charge in [-0.15, -0.1) is 0 Å². The van der Waals surface area contributed by atoms with Crippen LogP contribution in [-0.4, -0.2) is 17.2 Å². The first-order chi connectivity index (χ1) is 1.41. The molecule has 0 aliphatic heterocycles. The minimum atomic E-state index is 0. The van der Waals surface area contributed by atoms with Gasteiger partial charge in [-0.1, -0.05) is 0 Å². The summed E-state index contributed by atoms with van der Waals surface area (Å²) >= 11 is 0. The number of aliphatic hydroxyl groups is 1. The normalized spacial score (nSPS) is 3.00. The Balaban J connectivity index is -0.00000000200. The van der Waals surface area contributed by atoms with Gasteiger partial charge in [-0.25, -0.2) is 0 Å². The molecule has 0 fully saturated rings. The maximum Gasteiger partial charge on any atom is 1.00 e. The molecule has 0 aromatic rings. The van der Waals surface area contributed by atoms with Crippen LogP contribution in [-0.2, 0) is 0 Å². The molecule has 0 aliphatic rings. The van der Waals surface area contributed by atoms with Gasteiger partial charge in [0.05, 0.1) is 0 Å². The molecule has 0 rings (SSSR count). The van der Waals surface area contributed by atoms with Crippen LogP contribution in [0.3, 0.4) is 0 Å². The Morgan fingerprint density at radius 3 is 1.67 bits per heavy atom. The van der Waals surface area contributed by atoms with Crippen molar-refractivity contribution < 1.29 is 94.4 Å². The topological polar surface area (TPSA) is 51.7 Å². The first kappa shape index (κ1) is 23.5. The SMILES string of the molecule is CCO.O.[H-].[H-].[K+].[Na+]. The molecule has 0 aromatic carbocycles. The van der Waals surface area contributed by atoms with Crippen molar-refractivity contribution in [3.63, 3.8) is 0 Å². The number of hydrogen-bond acceptors (Lipinski definition) is 1. The van der Waals surface area contributed by atoms with Gasteiger partial charge in [0, 0.05) is 6.61 Å². The number of rotatable bonds is 0. The minimum absolute atomic E-state index is 0. The Hall–Kier alpha value is 2.56. The summed E-state index contributed by atoms with van der Waals surface area (Å²) in [6, 6.07) is 0. The molecule has 0 heterocycles. The summed E-state index contributed by atoms with van der Waals surface area (Å²) in [5.41, 5.74) is 0. The Bertz CT molecular complexity index is 18.0. The fourth-order valence-corrected chi connectivity index (χ4v) is 0. The van der Waals surface area contributed by atoms with Gasteiger partial charge < -0.3 is 13.4 Å². The molecule has 0 amide bonds. The largest absolute Gasteiger partial charge is 1.00 e. The zero-order valence-electron chi connectivity index (χ0n) is 6.65. The Kier molecular flexibility index (Phi) is 101. The molecule has 2 nitrogen and oxygen atoms in total. The van der Waals surface area contributed by atoms with Crippen molar-refractivity contribution in [2.24, 2.45) is 0 Å². The van der Waals surface area contributed by atoms with E-state index in [-0.39, 0.29) is 95.9 Å². The van der Waals surface area contributed by atoms with Gasteiger partial charge in [-0.05, 0) is 6.92 Å². The molecular formula is C2H10KNaO2. The van der Waals surface area contributed by atoms with Gasteiger partial charge in [0.25, 0.3) is 0 Å². The van der Waals surface area contributed by atoms with Crippen LogP contribution in [0.15, 0.2) is 0 Å². The summed E-state index contributed by atoms with van der Waals surface area (Å²) in [7, 11) is 0. The third-order valence-electron chi connectivity index (χ3n) is 0.